The minimum Gasteiger partial charge on any atom is -0.469 e. The Morgan fingerprint density at radius 2 is 2.33 bits per heavy atom. The quantitative estimate of drug-likeness (QED) is 0.830. The van der Waals surface area contributed by atoms with Crippen LogP contribution in [0.2, 0.25) is 0 Å². The standard InChI is InChI=1S/C15H23NO2/c1-11-4-3-5-15(9-11)14(16-6-7-18-15)13-8-12(2)17-10-13/h8,10-11,14,16H,3-7,9H2,1-2H3. The van der Waals surface area contributed by atoms with Gasteiger partial charge in [0, 0.05) is 12.1 Å². The van der Waals surface area contributed by atoms with Crippen LogP contribution in [-0.2, 0) is 4.74 Å². The molecule has 0 amide bonds. The Morgan fingerprint density at radius 3 is 3.06 bits per heavy atom. The molecule has 18 heavy (non-hydrogen) atoms. The topological polar surface area (TPSA) is 34.4 Å². The molecule has 1 aromatic rings. The van der Waals surface area contributed by atoms with Gasteiger partial charge in [-0.2, -0.15) is 0 Å². The molecule has 1 N–H and O–H groups in total. The average molecular weight is 249 g/mol. The maximum atomic E-state index is 6.25. The summed E-state index contributed by atoms with van der Waals surface area (Å²) in [5.41, 5.74) is 1.24. The summed E-state index contributed by atoms with van der Waals surface area (Å²) in [5, 5.41) is 3.64. The van der Waals surface area contributed by atoms with E-state index in [1.807, 2.05) is 13.2 Å². The lowest BCUT2D eigenvalue weighted by Gasteiger charge is -2.48. The lowest BCUT2D eigenvalue weighted by atomic mass is 9.72. The predicted molar refractivity (Wildman–Crippen MR) is 70.5 cm³/mol. The molecule has 2 aliphatic rings. The van der Waals surface area contributed by atoms with E-state index in [2.05, 4.69) is 18.3 Å². The van der Waals surface area contributed by atoms with Gasteiger partial charge in [0.05, 0.1) is 24.5 Å². The zero-order chi connectivity index (χ0) is 12.6. The Hall–Kier alpha value is -0.800. The van der Waals surface area contributed by atoms with Crippen molar-refractivity contribution < 1.29 is 9.15 Å². The highest BCUT2D eigenvalue weighted by Crippen LogP contribution is 2.45. The van der Waals surface area contributed by atoms with Crippen molar-refractivity contribution in [2.45, 2.75) is 51.2 Å². The van der Waals surface area contributed by atoms with Gasteiger partial charge in [-0.3, -0.25) is 0 Å². The lowest BCUT2D eigenvalue weighted by Crippen LogP contribution is -2.54. The van der Waals surface area contributed by atoms with Crippen LogP contribution in [0.5, 0.6) is 0 Å². The Morgan fingerprint density at radius 1 is 1.44 bits per heavy atom. The molecule has 1 aliphatic carbocycles. The molecule has 3 rings (SSSR count). The van der Waals surface area contributed by atoms with Gasteiger partial charge in [-0.25, -0.2) is 0 Å². The molecule has 1 aromatic heterocycles. The van der Waals surface area contributed by atoms with Gasteiger partial charge in [-0.15, -0.1) is 0 Å². The van der Waals surface area contributed by atoms with E-state index in [4.69, 9.17) is 9.15 Å². The molecule has 3 unspecified atom stereocenters. The van der Waals surface area contributed by atoms with Gasteiger partial charge >= 0.3 is 0 Å². The van der Waals surface area contributed by atoms with Crippen molar-refractivity contribution in [1.29, 1.82) is 0 Å². The van der Waals surface area contributed by atoms with Crippen LogP contribution in [-0.4, -0.2) is 18.8 Å². The molecular formula is C15H23NO2. The van der Waals surface area contributed by atoms with E-state index in [9.17, 15) is 0 Å². The second-order valence-corrected chi connectivity index (χ2v) is 5.99. The van der Waals surface area contributed by atoms with Crippen LogP contribution < -0.4 is 5.32 Å². The summed E-state index contributed by atoms with van der Waals surface area (Å²) in [7, 11) is 0. The van der Waals surface area contributed by atoms with Crippen LogP contribution in [0.15, 0.2) is 16.7 Å². The molecular weight excluding hydrogens is 226 g/mol. The minimum atomic E-state index is -0.00771. The van der Waals surface area contributed by atoms with Crippen LogP contribution in [0.3, 0.4) is 0 Å². The third-order valence-electron chi connectivity index (χ3n) is 4.44. The predicted octanol–water partition coefficient (Wildman–Crippen LogP) is 3.20. The van der Waals surface area contributed by atoms with Crippen LogP contribution >= 0.6 is 0 Å². The number of hydrogen-bond donors (Lipinski definition) is 1. The molecule has 1 aliphatic heterocycles. The molecule has 0 bridgehead atoms. The fourth-order valence-corrected chi connectivity index (χ4v) is 3.70. The summed E-state index contributed by atoms with van der Waals surface area (Å²) in [6.45, 7) is 6.12. The monoisotopic (exact) mass is 249 g/mol. The highest BCUT2D eigenvalue weighted by Gasteiger charge is 2.45. The number of furan rings is 1. The highest BCUT2D eigenvalue weighted by molar-refractivity contribution is 5.22. The third kappa shape index (κ3) is 2.10. The third-order valence-corrected chi connectivity index (χ3v) is 4.44. The fraction of sp³-hybridized carbons (Fsp3) is 0.733. The molecule has 1 spiro atoms. The van der Waals surface area contributed by atoms with Gasteiger partial charge in [-0.1, -0.05) is 19.8 Å². The molecule has 3 heteroatoms. The normalized spacial score (nSPS) is 37.0. The summed E-state index contributed by atoms with van der Waals surface area (Å²) >= 11 is 0. The van der Waals surface area contributed by atoms with E-state index in [-0.39, 0.29) is 5.60 Å². The van der Waals surface area contributed by atoms with E-state index in [0.29, 0.717) is 6.04 Å². The number of hydrogen-bond acceptors (Lipinski definition) is 3. The average Bonchev–Trinajstić information content (AvgIpc) is 2.76. The minimum absolute atomic E-state index is 0.00771. The molecule has 100 valence electrons. The van der Waals surface area contributed by atoms with Crippen LogP contribution in [0.1, 0.15) is 50.0 Å². The molecule has 2 heterocycles. The fourth-order valence-electron chi connectivity index (χ4n) is 3.70. The first-order chi connectivity index (χ1) is 8.70. The lowest BCUT2D eigenvalue weighted by molar-refractivity contribution is -0.128. The van der Waals surface area contributed by atoms with E-state index in [1.54, 1.807) is 0 Å². The second-order valence-electron chi connectivity index (χ2n) is 5.99. The SMILES string of the molecule is Cc1cc(C2NCCOC23CCCC(C)C3)co1. The first kappa shape index (κ1) is 12.2. The van der Waals surface area contributed by atoms with Gasteiger partial charge in [0.2, 0.25) is 0 Å². The maximum absolute atomic E-state index is 6.25. The number of aryl methyl sites for hydroxylation is 1. The van der Waals surface area contributed by atoms with Gasteiger partial charge < -0.3 is 14.5 Å². The van der Waals surface area contributed by atoms with Crippen LogP contribution in [0, 0.1) is 12.8 Å². The number of nitrogens with one attached hydrogen (secondary N) is 1. The maximum Gasteiger partial charge on any atom is 0.101 e. The van der Waals surface area contributed by atoms with E-state index in [1.165, 1.54) is 24.8 Å². The van der Waals surface area contributed by atoms with Crippen LogP contribution in [0.4, 0.5) is 0 Å². The summed E-state index contributed by atoms with van der Waals surface area (Å²) in [5.74, 6) is 1.74. The number of morpholine rings is 1. The van der Waals surface area contributed by atoms with Crippen molar-refractivity contribution in [3.05, 3.63) is 23.7 Å². The Labute approximate surface area is 109 Å². The summed E-state index contributed by atoms with van der Waals surface area (Å²) in [6.07, 6.45) is 6.83. The van der Waals surface area contributed by atoms with Gasteiger partial charge in [0.15, 0.2) is 0 Å². The molecule has 1 saturated heterocycles. The van der Waals surface area contributed by atoms with Crippen molar-refractivity contribution in [1.82, 2.24) is 5.32 Å². The molecule has 3 atom stereocenters. The van der Waals surface area contributed by atoms with E-state index < -0.39 is 0 Å². The molecule has 0 aromatic carbocycles. The first-order valence-electron chi connectivity index (χ1n) is 7.12. The Bertz CT molecular complexity index is 410. The smallest absolute Gasteiger partial charge is 0.101 e. The van der Waals surface area contributed by atoms with Crippen LogP contribution in [0.25, 0.3) is 0 Å². The summed E-state index contributed by atoms with van der Waals surface area (Å²) in [6, 6.07) is 2.44. The molecule has 2 fully saturated rings. The first-order valence-corrected chi connectivity index (χ1v) is 7.12. The van der Waals surface area contributed by atoms with E-state index in [0.717, 1.165) is 31.3 Å². The van der Waals surface area contributed by atoms with Crippen molar-refractivity contribution in [2.75, 3.05) is 13.2 Å². The van der Waals surface area contributed by atoms with Gasteiger partial charge in [0.25, 0.3) is 0 Å². The number of rotatable bonds is 1. The van der Waals surface area contributed by atoms with Gasteiger partial charge in [-0.05, 0) is 31.7 Å². The largest absolute Gasteiger partial charge is 0.469 e. The highest BCUT2D eigenvalue weighted by atomic mass is 16.5. The second kappa shape index (κ2) is 4.71. The number of ether oxygens (including phenoxy) is 1. The molecule has 3 nitrogen and oxygen atoms in total. The Kier molecular flexibility index (Phi) is 3.20. The summed E-state index contributed by atoms with van der Waals surface area (Å²) < 4.78 is 11.7. The van der Waals surface area contributed by atoms with E-state index >= 15 is 0 Å². The zero-order valence-corrected chi connectivity index (χ0v) is 11.4. The van der Waals surface area contributed by atoms with Crippen molar-refractivity contribution in [3.63, 3.8) is 0 Å². The molecule has 1 saturated carbocycles. The zero-order valence-electron chi connectivity index (χ0n) is 11.4. The van der Waals surface area contributed by atoms with Crippen molar-refractivity contribution >= 4 is 0 Å². The van der Waals surface area contributed by atoms with Crippen molar-refractivity contribution in [2.24, 2.45) is 5.92 Å². The van der Waals surface area contributed by atoms with Gasteiger partial charge in [0.1, 0.15) is 5.76 Å². The van der Waals surface area contributed by atoms with Crippen molar-refractivity contribution in [3.8, 4) is 0 Å². The molecule has 0 radical (unpaired) electrons. The Balaban J connectivity index is 1.89. The summed E-state index contributed by atoms with van der Waals surface area (Å²) in [4.78, 5) is 0.